The van der Waals surface area contributed by atoms with E-state index in [1.807, 2.05) is 6.07 Å². The number of halogens is 2. The van der Waals surface area contributed by atoms with Crippen molar-refractivity contribution in [3.05, 3.63) is 29.8 Å². The first kappa shape index (κ1) is 17.2. The average Bonchev–Trinajstić information content (AvgIpc) is 2.55. The molecule has 0 aromatic heterocycles. The van der Waals surface area contributed by atoms with E-state index in [0.717, 1.165) is 0 Å². The molecule has 0 saturated carbocycles. The van der Waals surface area contributed by atoms with Gasteiger partial charge in [-0.15, -0.1) is 0 Å². The number of amides is 1. The summed E-state index contributed by atoms with van der Waals surface area (Å²) in [6, 6.07) is 7.75. The van der Waals surface area contributed by atoms with Gasteiger partial charge in [-0.1, -0.05) is 6.07 Å². The molecule has 1 saturated heterocycles. The standard InChI is InChI=1S/C16H18F2N2O3/c17-16(18)23-14-4-1-3-12(11-14)15(21)20(8-2-7-19)13-5-9-22-10-6-13/h1,3-4,11,13,16H,2,5-6,8-10H2. The van der Waals surface area contributed by atoms with Crippen LogP contribution in [0, 0.1) is 11.3 Å². The van der Waals surface area contributed by atoms with Crippen molar-refractivity contribution in [3.63, 3.8) is 0 Å². The van der Waals surface area contributed by atoms with Gasteiger partial charge < -0.3 is 14.4 Å². The van der Waals surface area contributed by atoms with Crippen LogP contribution in [0.25, 0.3) is 0 Å². The van der Waals surface area contributed by atoms with Crippen LogP contribution in [0.4, 0.5) is 8.78 Å². The maximum Gasteiger partial charge on any atom is 0.387 e. The van der Waals surface area contributed by atoms with Gasteiger partial charge in [0.05, 0.1) is 12.5 Å². The fourth-order valence-electron chi connectivity index (χ4n) is 2.59. The number of hydrogen-bond donors (Lipinski definition) is 0. The first-order chi connectivity index (χ1) is 11.1. The molecule has 0 atom stereocenters. The van der Waals surface area contributed by atoms with Crippen molar-refractivity contribution in [2.24, 2.45) is 0 Å². The Hall–Kier alpha value is -2.20. The van der Waals surface area contributed by atoms with Crippen molar-refractivity contribution in [1.29, 1.82) is 5.26 Å². The molecule has 1 aromatic carbocycles. The molecule has 2 rings (SSSR count). The lowest BCUT2D eigenvalue weighted by molar-refractivity contribution is -0.0499. The Labute approximate surface area is 133 Å². The van der Waals surface area contributed by atoms with Crippen LogP contribution in [0.1, 0.15) is 29.6 Å². The van der Waals surface area contributed by atoms with Crippen LogP contribution < -0.4 is 4.74 Å². The molecular formula is C16H18F2N2O3. The highest BCUT2D eigenvalue weighted by molar-refractivity contribution is 5.94. The quantitative estimate of drug-likeness (QED) is 0.807. The Morgan fingerprint density at radius 2 is 2.17 bits per heavy atom. The monoisotopic (exact) mass is 324 g/mol. The van der Waals surface area contributed by atoms with Gasteiger partial charge in [0.2, 0.25) is 0 Å². The first-order valence-corrected chi connectivity index (χ1v) is 7.42. The Kier molecular flexibility index (Phi) is 6.29. The highest BCUT2D eigenvalue weighted by Gasteiger charge is 2.26. The zero-order chi connectivity index (χ0) is 16.7. The zero-order valence-electron chi connectivity index (χ0n) is 12.6. The minimum Gasteiger partial charge on any atom is -0.435 e. The Morgan fingerprint density at radius 3 is 2.83 bits per heavy atom. The third-order valence-corrected chi connectivity index (χ3v) is 3.66. The maximum absolute atomic E-state index is 12.7. The van der Waals surface area contributed by atoms with Crippen molar-refractivity contribution >= 4 is 5.91 Å². The highest BCUT2D eigenvalue weighted by atomic mass is 19.3. The van der Waals surface area contributed by atoms with E-state index in [4.69, 9.17) is 10.00 Å². The maximum atomic E-state index is 12.7. The molecule has 0 spiro atoms. The van der Waals surface area contributed by atoms with Crippen molar-refractivity contribution < 1.29 is 23.0 Å². The van der Waals surface area contributed by atoms with Crippen LogP contribution in [-0.2, 0) is 4.74 Å². The number of ether oxygens (including phenoxy) is 2. The summed E-state index contributed by atoms with van der Waals surface area (Å²) < 4.78 is 34.2. The molecule has 1 heterocycles. The summed E-state index contributed by atoms with van der Waals surface area (Å²) in [7, 11) is 0. The van der Waals surface area contributed by atoms with E-state index in [9.17, 15) is 13.6 Å². The van der Waals surface area contributed by atoms with Crippen LogP contribution in [0.15, 0.2) is 24.3 Å². The van der Waals surface area contributed by atoms with Gasteiger partial charge in [-0.05, 0) is 31.0 Å². The predicted octanol–water partition coefficient (Wildman–Crippen LogP) is 2.82. The van der Waals surface area contributed by atoms with Gasteiger partial charge >= 0.3 is 6.61 Å². The van der Waals surface area contributed by atoms with Crippen LogP contribution >= 0.6 is 0 Å². The lowest BCUT2D eigenvalue weighted by Gasteiger charge is -2.34. The number of carbonyl (C=O) groups excluding carboxylic acids is 1. The van der Waals surface area contributed by atoms with Gasteiger partial charge in [0.1, 0.15) is 5.75 Å². The van der Waals surface area contributed by atoms with Gasteiger partial charge in [0.15, 0.2) is 0 Å². The molecule has 1 amide bonds. The summed E-state index contributed by atoms with van der Waals surface area (Å²) in [5, 5.41) is 8.79. The van der Waals surface area contributed by atoms with E-state index in [-0.39, 0.29) is 29.7 Å². The average molecular weight is 324 g/mol. The van der Waals surface area contributed by atoms with E-state index < -0.39 is 6.61 Å². The molecule has 124 valence electrons. The molecule has 7 heteroatoms. The molecule has 1 fully saturated rings. The molecule has 5 nitrogen and oxygen atoms in total. The molecule has 1 aliphatic rings. The summed E-state index contributed by atoms with van der Waals surface area (Å²) in [5.74, 6) is -0.343. The van der Waals surface area contributed by atoms with Crippen molar-refractivity contribution in [3.8, 4) is 11.8 Å². The van der Waals surface area contributed by atoms with E-state index in [1.165, 1.54) is 18.2 Å². The summed E-state index contributed by atoms with van der Waals surface area (Å²) >= 11 is 0. The van der Waals surface area contributed by atoms with Gasteiger partial charge in [0, 0.05) is 31.4 Å². The number of hydrogen-bond acceptors (Lipinski definition) is 4. The third kappa shape index (κ3) is 4.89. The number of rotatable bonds is 6. The number of alkyl halides is 2. The fraction of sp³-hybridized carbons (Fsp3) is 0.500. The van der Waals surface area contributed by atoms with Gasteiger partial charge in [-0.25, -0.2) is 0 Å². The molecule has 0 radical (unpaired) electrons. The normalized spacial score (nSPS) is 15.2. The smallest absolute Gasteiger partial charge is 0.387 e. The van der Waals surface area contributed by atoms with Crippen LogP contribution in [0.2, 0.25) is 0 Å². The van der Waals surface area contributed by atoms with E-state index in [2.05, 4.69) is 4.74 Å². The SMILES string of the molecule is N#CCCN(C(=O)c1cccc(OC(F)F)c1)C1CCOCC1. The molecule has 1 aromatic rings. The van der Waals surface area contributed by atoms with Gasteiger partial charge in [0.25, 0.3) is 5.91 Å². The summed E-state index contributed by atoms with van der Waals surface area (Å²) in [5.41, 5.74) is 0.271. The second kappa shape index (κ2) is 8.44. The van der Waals surface area contributed by atoms with Crippen molar-refractivity contribution in [2.45, 2.75) is 31.9 Å². The highest BCUT2D eigenvalue weighted by Crippen LogP contribution is 2.21. The van der Waals surface area contributed by atoms with Crippen LogP contribution in [0.3, 0.4) is 0 Å². The second-order valence-corrected chi connectivity index (χ2v) is 5.16. The van der Waals surface area contributed by atoms with E-state index in [0.29, 0.717) is 32.6 Å². The van der Waals surface area contributed by atoms with Crippen molar-refractivity contribution in [2.75, 3.05) is 19.8 Å². The Bertz CT molecular complexity index is 569. The van der Waals surface area contributed by atoms with E-state index >= 15 is 0 Å². The van der Waals surface area contributed by atoms with Gasteiger partial charge in [-0.2, -0.15) is 14.0 Å². The molecule has 0 bridgehead atoms. The fourth-order valence-corrected chi connectivity index (χ4v) is 2.59. The number of benzene rings is 1. The topological polar surface area (TPSA) is 62.6 Å². The minimum atomic E-state index is -2.94. The Morgan fingerprint density at radius 1 is 1.43 bits per heavy atom. The number of carbonyl (C=O) groups is 1. The van der Waals surface area contributed by atoms with E-state index in [1.54, 1.807) is 11.0 Å². The number of nitriles is 1. The van der Waals surface area contributed by atoms with Crippen LogP contribution in [0.5, 0.6) is 5.75 Å². The summed E-state index contributed by atoms with van der Waals surface area (Å²) in [6.07, 6.45) is 1.62. The lowest BCUT2D eigenvalue weighted by Crippen LogP contribution is -2.44. The lowest BCUT2D eigenvalue weighted by atomic mass is 10.0. The number of nitrogens with zero attached hydrogens (tertiary/aromatic N) is 2. The molecular weight excluding hydrogens is 306 g/mol. The first-order valence-electron chi connectivity index (χ1n) is 7.42. The second-order valence-electron chi connectivity index (χ2n) is 5.16. The predicted molar refractivity (Wildman–Crippen MR) is 78.2 cm³/mol. The summed E-state index contributed by atoms with van der Waals surface area (Å²) in [4.78, 5) is 14.4. The van der Waals surface area contributed by atoms with Gasteiger partial charge in [-0.3, -0.25) is 4.79 Å². The molecule has 0 aliphatic carbocycles. The largest absolute Gasteiger partial charge is 0.435 e. The summed E-state index contributed by atoms with van der Waals surface area (Å²) in [6.45, 7) is -1.50. The molecule has 0 N–H and O–H groups in total. The molecule has 1 aliphatic heterocycles. The Balaban J connectivity index is 2.17. The minimum absolute atomic E-state index is 0.00993. The third-order valence-electron chi connectivity index (χ3n) is 3.66. The molecule has 0 unspecified atom stereocenters. The zero-order valence-corrected chi connectivity index (χ0v) is 12.6. The van der Waals surface area contributed by atoms with Crippen molar-refractivity contribution in [1.82, 2.24) is 4.90 Å². The van der Waals surface area contributed by atoms with Crippen LogP contribution in [-0.4, -0.2) is 43.2 Å². The molecule has 23 heavy (non-hydrogen) atoms.